The molecule has 0 aliphatic carbocycles. The van der Waals surface area contributed by atoms with Gasteiger partial charge < -0.3 is 16.0 Å². The Balaban J connectivity index is 2.07. The topological polar surface area (TPSA) is 79.6 Å². The summed E-state index contributed by atoms with van der Waals surface area (Å²) in [7, 11) is 0. The second-order valence-electron chi connectivity index (χ2n) is 4.09. The van der Waals surface area contributed by atoms with Crippen molar-refractivity contribution < 1.29 is 0 Å². The summed E-state index contributed by atoms with van der Waals surface area (Å²) in [6.45, 7) is 1.86. The summed E-state index contributed by atoms with van der Waals surface area (Å²) in [6, 6.07) is 9.89. The fraction of sp³-hybridized carbons (Fsp3) is 0.0769. The number of aromatic nitrogens is 3. The molecule has 0 spiro atoms. The lowest BCUT2D eigenvalue weighted by Crippen LogP contribution is -1.96. The number of nitrogens with two attached hydrogens (primary N) is 1. The van der Waals surface area contributed by atoms with Crippen LogP contribution in [0.3, 0.4) is 0 Å². The van der Waals surface area contributed by atoms with E-state index in [4.69, 9.17) is 5.73 Å². The third-order valence-corrected chi connectivity index (χ3v) is 2.74. The van der Waals surface area contributed by atoms with E-state index in [1.165, 1.54) is 0 Å². The number of nitrogen functional groups attached to an aromatic ring is 1. The Kier molecular flexibility index (Phi) is 2.37. The zero-order chi connectivity index (χ0) is 12.5. The van der Waals surface area contributed by atoms with Gasteiger partial charge in [0.05, 0.1) is 11.2 Å². The van der Waals surface area contributed by atoms with Crippen molar-refractivity contribution in [3.63, 3.8) is 0 Å². The molecule has 0 saturated heterocycles. The first-order valence-electron chi connectivity index (χ1n) is 5.67. The number of hydrogen-bond acceptors (Lipinski definition) is 4. The molecule has 0 saturated carbocycles. The van der Waals surface area contributed by atoms with Gasteiger partial charge in [0.25, 0.3) is 0 Å². The number of para-hydroxylation sites is 1. The van der Waals surface area contributed by atoms with Gasteiger partial charge in [-0.1, -0.05) is 18.2 Å². The molecule has 5 heteroatoms. The van der Waals surface area contributed by atoms with Crippen LogP contribution >= 0.6 is 0 Å². The van der Waals surface area contributed by atoms with Crippen LogP contribution in [0.1, 0.15) is 5.82 Å². The van der Waals surface area contributed by atoms with Gasteiger partial charge in [0, 0.05) is 11.6 Å². The molecule has 3 aromatic rings. The van der Waals surface area contributed by atoms with E-state index < -0.39 is 0 Å². The van der Waals surface area contributed by atoms with Gasteiger partial charge in [-0.2, -0.15) is 0 Å². The number of anilines is 3. The van der Waals surface area contributed by atoms with Crippen molar-refractivity contribution in [2.75, 3.05) is 11.1 Å². The van der Waals surface area contributed by atoms with Gasteiger partial charge in [-0.25, -0.2) is 4.98 Å². The highest BCUT2D eigenvalue weighted by atomic mass is 15.1. The minimum atomic E-state index is 0.528. The van der Waals surface area contributed by atoms with Gasteiger partial charge in [0.1, 0.15) is 11.6 Å². The molecule has 0 radical (unpaired) electrons. The van der Waals surface area contributed by atoms with Crippen LogP contribution < -0.4 is 11.1 Å². The lowest BCUT2D eigenvalue weighted by molar-refractivity contribution is 1.15. The Hall–Kier alpha value is -2.56. The molecule has 0 unspecified atom stereocenters. The largest absolute Gasteiger partial charge is 0.382 e. The number of fused-ring (bicyclic) bond motifs is 1. The van der Waals surface area contributed by atoms with Gasteiger partial charge in [-0.15, -0.1) is 0 Å². The van der Waals surface area contributed by atoms with Crippen LogP contribution in [0.25, 0.3) is 10.9 Å². The van der Waals surface area contributed by atoms with Crippen molar-refractivity contribution in [1.82, 2.24) is 15.0 Å². The maximum atomic E-state index is 5.83. The SMILES string of the molecule is Cc1nc(Nc2cccc3cccnc23)c(N)[nH]1. The van der Waals surface area contributed by atoms with E-state index >= 15 is 0 Å². The van der Waals surface area contributed by atoms with E-state index in [9.17, 15) is 0 Å². The number of benzene rings is 1. The number of aryl methyl sites for hydroxylation is 1. The fourth-order valence-corrected chi connectivity index (χ4v) is 1.94. The molecule has 0 aliphatic rings. The second kappa shape index (κ2) is 4.03. The van der Waals surface area contributed by atoms with E-state index in [-0.39, 0.29) is 0 Å². The summed E-state index contributed by atoms with van der Waals surface area (Å²) in [5.74, 6) is 1.94. The molecule has 90 valence electrons. The molecule has 5 nitrogen and oxygen atoms in total. The number of hydrogen-bond donors (Lipinski definition) is 3. The normalized spacial score (nSPS) is 10.7. The first kappa shape index (κ1) is 10.6. The molecular weight excluding hydrogens is 226 g/mol. The Labute approximate surface area is 104 Å². The zero-order valence-electron chi connectivity index (χ0n) is 9.94. The first-order valence-corrected chi connectivity index (χ1v) is 5.67. The zero-order valence-corrected chi connectivity index (χ0v) is 9.94. The number of pyridine rings is 1. The third-order valence-electron chi connectivity index (χ3n) is 2.74. The van der Waals surface area contributed by atoms with Gasteiger partial charge >= 0.3 is 0 Å². The highest BCUT2D eigenvalue weighted by molar-refractivity contribution is 5.92. The van der Waals surface area contributed by atoms with E-state index in [0.717, 1.165) is 22.4 Å². The minimum absolute atomic E-state index is 0.528. The van der Waals surface area contributed by atoms with E-state index in [0.29, 0.717) is 11.6 Å². The molecule has 0 fully saturated rings. The number of imidazole rings is 1. The molecule has 0 amide bonds. The number of H-pyrrole nitrogens is 1. The summed E-state index contributed by atoms with van der Waals surface area (Å²) < 4.78 is 0. The van der Waals surface area contributed by atoms with Gasteiger partial charge in [-0.3, -0.25) is 4.98 Å². The standard InChI is InChI=1S/C13H13N5/c1-8-16-12(14)13(17-8)18-10-6-2-4-9-5-3-7-15-11(9)10/h2-7,18H,14H2,1H3,(H,16,17). The highest BCUT2D eigenvalue weighted by Crippen LogP contribution is 2.26. The minimum Gasteiger partial charge on any atom is -0.382 e. The molecule has 0 aliphatic heterocycles. The van der Waals surface area contributed by atoms with Gasteiger partial charge in [0.2, 0.25) is 0 Å². The summed E-state index contributed by atoms with van der Waals surface area (Å²) in [6.07, 6.45) is 1.77. The average Bonchev–Trinajstić information content (AvgIpc) is 2.68. The van der Waals surface area contributed by atoms with Crippen LogP contribution in [0.2, 0.25) is 0 Å². The van der Waals surface area contributed by atoms with Crippen LogP contribution in [0.4, 0.5) is 17.3 Å². The molecule has 2 heterocycles. The monoisotopic (exact) mass is 239 g/mol. The van der Waals surface area contributed by atoms with E-state index in [2.05, 4.69) is 20.3 Å². The van der Waals surface area contributed by atoms with Crippen LogP contribution in [-0.2, 0) is 0 Å². The van der Waals surface area contributed by atoms with E-state index in [1.54, 1.807) is 6.20 Å². The molecule has 0 atom stereocenters. The van der Waals surface area contributed by atoms with Crippen LogP contribution in [-0.4, -0.2) is 15.0 Å². The van der Waals surface area contributed by atoms with Crippen LogP contribution in [0.15, 0.2) is 36.5 Å². The summed E-state index contributed by atoms with van der Waals surface area (Å²) in [4.78, 5) is 11.6. The number of nitrogens with zero attached hydrogens (tertiary/aromatic N) is 2. The highest BCUT2D eigenvalue weighted by Gasteiger charge is 2.07. The first-order chi connectivity index (χ1) is 8.74. The van der Waals surface area contributed by atoms with E-state index in [1.807, 2.05) is 37.3 Å². The van der Waals surface area contributed by atoms with Gasteiger partial charge in [-0.05, 0) is 19.1 Å². The maximum Gasteiger partial charge on any atom is 0.173 e. The lowest BCUT2D eigenvalue weighted by Gasteiger charge is -2.07. The van der Waals surface area contributed by atoms with Crippen molar-refractivity contribution >= 4 is 28.2 Å². The smallest absolute Gasteiger partial charge is 0.173 e. The van der Waals surface area contributed by atoms with Crippen LogP contribution in [0, 0.1) is 6.92 Å². The lowest BCUT2D eigenvalue weighted by atomic mass is 10.2. The number of aromatic amines is 1. The predicted molar refractivity (Wildman–Crippen MR) is 72.8 cm³/mol. The Morgan fingerprint density at radius 1 is 1.22 bits per heavy atom. The van der Waals surface area contributed by atoms with Crippen molar-refractivity contribution in [3.05, 3.63) is 42.4 Å². The van der Waals surface area contributed by atoms with Gasteiger partial charge in [0.15, 0.2) is 5.82 Å². The number of rotatable bonds is 2. The van der Waals surface area contributed by atoms with Crippen molar-refractivity contribution in [3.8, 4) is 0 Å². The summed E-state index contributed by atoms with van der Waals surface area (Å²) in [5.41, 5.74) is 7.63. The Bertz CT molecular complexity index is 696. The predicted octanol–water partition coefficient (Wildman–Crippen LogP) is 2.59. The molecule has 2 aromatic heterocycles. The van der Waals surface area contributed by atoms with Crippen molar-refractivity contribution in [2.45, 2.75) is 6.92 Å². The molecule has 0 bridgehead atoms. The van der Waals surface area contributed by atoms with Crippen molar-refractivity contribution in [2.24, 2.45) is 0 Å². The molecule has 3 rings (SSSR count). The molecule has 4 N–H and O–H groups in total. The Morgan fingerprint density at radius 3 is 2.83 bits per heavy atom. The van der Waals surface area contributed by atoms with Crippen LogP contribution in [0.5, 0.6) is 0 Å². The fourth-order valence-electron chi connectivity index (χ4n) is 1.94. The summed E-state index contributed by atoms with van der Waals surface area (Å²) >= 11 is 0. The number of nitrogens with one attached hydrogen (secondary N) is 2. The quantitative estimate of drug-likeness (QED) is 0.642. The second-order valence-corrected chi connectivity index (χ2v) is 4.09. The molecule has 1 aromatic carbocycles. The Morgan fingerprint density at radius 2 is 2.06 bits per heavy atom. The third kappa shape index (κ3) is 1.75. The molecule has 18 heavy (non-hydrogen) atoms. The summed E-state index contributed by atoms with van der Waals surface area (Å²) in [5, 5.41) is 4.28. The van der Waals surface area contributed by atoms with Crippen molar-refractivity contribution in [1.29, 1.82) is 0 Å². The molecular formula is C13H13N5. The average molecular weight is 239 g/mol. The maximum absolute atomic E-state index is 5.83.